The second-order valence-corrected chi connectivity index (χ2v) is 8.68. The molecule has 6 nitrogen and oxygen atoms in total. The molecule has 4 amide bonds. The molecule has 2 unspecified atom stereocenters. The van der Waals surface area contributed by atoms with E-state index in [4.69, 9.17) is 0 Å². The Kier molecular flexibility index (Phi) is 7.46. The van der Waals surface area contributed by atoms with Gasteiger partial charge in [-0.3, -0.25) is 14.5 Å². The van der Waals surface area contributed by atoms with E-state index in [2.05, 4.69) is 10.6 Å². The highest BCUT2D eigenvalue weighted by atomic mass is 19.1. The number of carbonyl (C=O) groups is 3. The van der Waals surface area contributed by atoms with E-state index in [1.54, 1.807) is 12.1 Å². The molecule has 3 rings (SSSR count). The van der Waals surface area contributed by atoms with Crippen LogP contribution in [0.4, 0.5) is 13.6 Å². The first-order chi connectivity index (χ1) is 15.7. The Morgan fingerprint density at radius 1 is 1.03 bits per heavy atom. The number of hydrogen-bond donors (Lipinski definition) is 2. The number of imide groups is 1. The number of carbonyl (C=O) groups excluding carboxylic acids is 3. The van der Waals surface area contributed by atoms with Crippen LogP contribution >= 0.6 is 0 Å². The number of amides is 4. The zero-order valence-corrected chi connectivity index (χ0v) is 19.0. The third-order valence-corrected chi connectivity index (χ3v) is 5.93. The number of nitrogens with zero attached hydrogens (tertiary/aromatic N) is 1. The topological polar surface area (TPSA) is 78.5 Å². The first-order valence-electron chi connectivity index (χ1n) is 11.1. The van der Waals surface area contributed by atoms with Crippen LogP contribution in [-0.2, 0) is 15.1 Å². The van der Waals surface area contributed by atoms with Gasteiger partial charge in [-0.2, -0.15) is 0 Å². The summed E-state index contributed by atoms with van der Waals surface area (Å²) in [6.45, 7) is 5.33. The molecular formula is C25H29F2N3O3. The first kappa shape index (κ1) is 24.4. The molecule has 1 aliphatic heterocycles. The second-order valence-electron chi connectivity index (χ2n) is 8.68. The van der Waals surface area contributed by atoms with Crippen molar-refractivity contribution in [2.75, 3.05) is 6.54 Å². The van der Waals surface area contributed by atoms with Crippen LogP contribution in [0.15, 0.2) is 48.5 Å². The van der Waals surface area contributed by atoms with Crippen molar-refractivity contribution in [3.05, 3.63) is 71.3 Å². The Balaban J connectivity index is 1.80. The van der Waals surface area contributed by atoms with Crippen molar-refractivity contribution in [3.63, 3.8) is 0 Å². The van der Waals surface area contributed by atoms with E-state index in [0.29, 0.717) is 18.4 Å². The molecule has 0 spiro atoms. The molecule has 0 aliphatic carbocycles. The lowest BCUT2D eigenvalue weighted by Gasteiger charge is -2.27. The van der Waals surface area contributed by atoms with Crippen LogP contribution < -0.4 is 10.6 Å². The summed E-state index contributed by atoms with van der Waals surface area (Å²) < 4.78 is 26.8. The van der Waals surface area contributed by atoms with E-state index >= 15 is 0 Å². The van der Waals surface area contributed by atoms with Gasteiger partial charge in [-0.05, 0) is 47.7 Å². The van der Waals surface area contributed by atoms with E-state index in [9.17, 15) is 23.2 Å². The molecule has 1 heterocycles. The van der Waals surface area contributed by atoms with Crippen LogP contribution in [0.2, 0.25) is 0 Å². The highest BCUT2D eigenvalue weighted by Crippen LogP contribution is 2.34. The predicted molar refractivity (Wildman–Crippen MR) is 120 cm³/mol. The molecule has 176 valence electrons. The Morgan fingerprint density at radius 2 is 1.61 bits per heavy atom. The largest absolute Gasteiger partial charge is 0.347 e. The number of hydrogen-bond acceptors (Lipinski definition) is 3. The van der Waals surface area contributed by atoms with Gasteiger partial charge in [0.05, 0.1) is 6.04 Å². The van der Waals surface area contributed by atoms with Crippen LogP contribution in [0.3, 0.4) is 0 Å². The van der Waals surface area contributed by atoms with Gasteiger partial charge in [-0.1, -0.05) is 57.9 Å². The third-order valence-electron chi connectivity index (χ3n) is 5.93. The van der Waals surface area contributed by atoms with Crippen LogP contribution in [0.1, 0.15) is 57.2 Å². The normalized spacial score (nSPS) is 19.0. The van der Waals surface area contributed by atoms with Crippen molar-refractivity contribution in [2.45, 2.75) is 51.6 Å². The summed E-state index contributed by atoms with van der Waals surface area (Å²) in [4.78, 5) is 39.9. The van der Waals surface area contributed by atoms with Gasteiger partial charge >= 0.3 is 6.03 Å². The van der Waals surface area contributed by atoms with Crippen LogP contribution in [-0.4, -0.2) is 29.3 Å². The molecular weight excluding hydrogens is 428 g/mol. The maximum Gasteiger partial charge on any atom is 0.325 e. The molecule has 2 N–H and O–H groups in total. The van der Waals surface area contributed by atoms with Gasteiger partial charge in [0.25, 0.3) is 5.91 Å². The minimum absolute atomic E-state index is 0.00891. The summed E-state index contributed by atoms with van der Waals surface area (Å²) in [5, 5.41) is 5.60. The van der Waals surface area contributed by atoms with Crippen molar-refractivity contribution in [3.8, 4) is 0 Å². The quantitative estimate of drug-likeness (QED) is 0.548. The van der Waals surface area contributed by atoms with Gasteiger partial charge < -0.3 is 10.6 Å². The van der Waals surface area contributed by atoms with E-state index < -0.39 is 41.8 Å². The van der Waals surface area contributed by atoms with Gasteiger partial charge in [0.2, 0.25) is 5.91 Å². The van der Waals surface area contributed by atoms with Crippen molar-refractivity contribution in [2.24, 2.45) is 5.92 Å². The van der Waals surface area contributed by atoms with Gasteiger partial charge in [-0.15, -0.1) is 0 Å². The molecule has 2 aromatic carbocycles. The molecule has 0 aromatic heterocycles. The average Bonchev–Trinajstić information content (AvgIpc) is 3.02. The third kappa shape index (κ3) is 5.21. The van der Waals surface area contributed by atoms with E-state index in [1.807, 2.05) is 20.8 Å². The molecule has 8 heteroatoms. The minimum atomic E-state index is -1.34. The molecule has 1 fully saturated rings. The van der Waals surface area contributed by atoms with E-state index in [0.717, 1.165) is 16.9 Å². The molecule has 2 aromatic rings. The maximum absolute atomic E-state index is 13.5. The summed E-state index contributed by atoms with van der Waals surface area (Å²) >= 11 is 0. The van der Waals surface area contributed by atoms with Crippen molar-refractivity contribution < 1.29 is 23.2 Å². The summed E-state index contributed by atoms with van der Waals surface area (Å²) in [7, 11) is 0. The van der Waals surface area contributed by atoms with Gasteiger partial charge in [-0.25, -0.2) is 13.6 Å². The summed E-state index contributed by atoms with van der Waals surface area (Å²) in [5.41, 5.74) is -0.138. The summed E-state index contributed by atoms with van der Waals surface area (Å²) in [6, 6.07) is 10.2. The highest BCUT2D eigenvalue weighted by molar-refractivity contribution is 6.09. The Bertz CT molecular complexity index is 1010. The lowest BCUT2D eigenvalue weighted by Crippen LogP contribution is -2.45. The molecule has 0 bridgehead atoms. The molecule has 0 saturated carbocycles. The summed E-state index contributed by atoms with van der Waals surface area (Å²) in [5.74, 6) is -1.88. The average molecular weight is 458 g/mol. The number of nitrogens with one attached hydrogen (secondary N) is 2. The lowest BCUT2D eigenvalue weighted by molar-refractivity contribution is -0.135. The van der Waals surface area contributed by atoms with Crippen molar-refractivity contribution >= 4 is 17.8 Å². The fourth-order valence-electron chi connectivity index (χ4n) is 4.12. The Hall–Kier alpha value is -3.29. The smallest absolute Gasteiger partial charge is 0.325 e. The monoisotopic (exact) mass is 457 g/mol. The fourth-order valence-corrected chi connectivity index (χ4v) is 4.12. The summed E-state index contributed by atoms with van der Waals surface area (Å²) in [6.07, 6.45) is 1.78. The highest BCUT2D eigenvalue weighted by Gasteiger charge is 2.52. The van der Waals surface area contributed by atoms with Gasteiger partial charge in [0, 0.05) is 0 Å². The van der Waals surface area contributed by atoms with Crippen molar-refractivity contribution in [1.82, 2.24) is 15.5 Å². The predicted octanol–water partition coefficient (Wildman–Crippen LogP) is 4.42. The number of urea groups is 1. The lowest BCUT2D eigenvalue weighted by atomic mass is 9.85. The number of benzene rings is 2. The molecule has 1 saturated heterocycles. The minimum Gasteiger partial charge on any atom is -0.347 e. The van der Waals surface area contributed by atoms with Crippen LogP contribution in [0.25, 0.3) is 0 Å². The van der Waals surface area contributed by atoms with E-state index in [1.165, 1.54) is 36.4 Å². The zero-order chi connectivity index (χ0) is 24.2. The second kappa shape index (κ2) is 10.1. The standard InChI is InChI=1S/C25H29F2N3O3/c1-4-5-14-25(18-8-12-20(27)13-9-18)23(32)30(24(33)29-25)15-21(31)28-22(16(2)3)17-6-10-19(26)11-7-17/h6-13,16,22H,4-5,14-15H2,1-3H3,(H,28,31)(H,29,33). The van der Waals surface area contributed by atoms with Gasteiger partial charge in [0.15, 0.2) is 0 Å². The van der Waals surface area contributed by atoms with Crippen LogP contribution in [0, 0.1) is 17.6 Å². The van der Waals surface area contributed by atoms with E-state index in [-0.39, 0.29) is 11.7 Å². The molecule has 0 radical (unpaired) electrons. The molecule has 1 aliphatic rings. The maximum atomic E-state index is 13.5. The van der Waals surface area contributed by atoms with Crippen molar-refractivity contribution in [1.29, 1.82) is 0 Å². The van der Waals surface area contributed by atoms with Gasteiger partial charge in [0.1, 0.15) is 23.7 Å². The number of rotatable bonds is 9. The fraction of sp³-hybridized carbons (Fsp3) is 0.400. The first-order valence-corrected chi connectivity index (χ1v) is 11.1. The Labute approximate surface area is 192 Å². The SMILES string of the molecule is CCCCC1(c2ccc(F)cc2)NC(=O)N(CC(=O)NC(c2ccc(F)cc2)C(C)C)C1=O. The number of unbranched alkanes of at least 4 members (excludes halogenated alkanes) is 1. The zero-order valence-electron chi connectivity index (χ0n) is 19.0. The van der Waals surface area contributed by atoms with Crippen LogP contribution in [0.5, 0.6) is 0 Å². The number of halogens is 2. The molecule has 2 atom stereocenters. The Morgan fingerprint density at radius 3 is 2.15 bits per heavy atom. The molecule has 33 heavy (non-hydrogen) atoms.